The smallest absolute Gasteiger partial charge is 0.258 e. The molecule has 2 aromatic rings. The van der Waals surface area contributed by atoms with E-state index in [0.29, 0.717) is 11.4 Å². The third-order valence-corrected chi connectivity index (χ3v) is 2.46. The maximum absolute atomic E-state index is 13.3. The number of hydrogen-bond donors (Lipinski definition) is 2. The molecular formula is C15H12FN3O. The minimum absolute atomic E-state index is 0.150. The fourth-order valence-electron chi connectivity index (χ4n) is 1.58. The summed E-state index contributed by atoms with van der Waals surface area (Å²) in [5, 5.41) is 2.59. The molecule has 0 radical (unpaired) electrons. The highest BCUT2D eigenvalue weighted by molar-refractivity contribution is 6.05. The fourth-order valence-corrected chi connectivity index (χ4v) is 1.58. The van der Waals surface area contributed by atoms with Crippen molar-refractivity contribution in [3.8, 4) is 11.8 Å². The van der Waals surface area contributed by atoms with Crippen molar-refractivity contribution < 1.29 is 9.18 Å². The first kappa shape index (κ1) is 13.7. The van der Waals surface area contributed by atoms with Gasteiger partial charge in [0, 0.05) is 11.8 Å². The number of benzene rings is 1. The lowest BCUT2D eigenvalue weighted by Crippen LogP contribution is -2.14. The first-order chi connectivity index (χ1) is 9.70. The number of carbonyl (C=O) groups excluding carboxylic acids is 1. The number of hydrogen-bond acceptors (Lipinski definition) is 3. The minimum atomic E-state index is -0.505. The number of nitrogens with one attached hydrogen (secondary N) is 1. The van der Waals surface area contributed by atoms with Gasteiger partial charge in [0.25, 0.3) is 5.91 Å². The average Bonchev–Trinajstić information content (AvgIpc) is 2.47. The third-order valence-electron chi connectivity index (χ3n) is 2.46. The molecule has 4 nitrogen and oxygen atoms in total. The second-order valence-corrected chi connectivity index (χ2v) is 3.86. The van der Waals surface area contributed by atoms with Crippen molar-refractivity contribution in [1.82, 2.24) is 4.98 Å². The summed E-state index contributed by atoms with van der Waals surface area (Å²) in [5.74, 6) is 4.80. The van der Waals surface area contributed by atoms with E-state index in [-0.39, 0.29) is 12.1 Å². The molecule has 0 aliphatic carbocycles. The van der Waals surface area contributed by atoms with Crippen molar-refractivity contribution >= 4 is 11.7 Å². The lowest BCUT2D eigenvalue weighted by atomic mass is 10.1. The molecule has 20 heavy (non-hydrogen) atoms. The van der Waals surface area contributed by atoms with E-state index in [0.717, 1.165) is 6.07 Å². The summed E-state index contributed by atoms with van der Waals surface area (Å²) in [7, 11) is 0. The molecule has 0 spiro atoms. The maximum atomic E-state index is 13.3. The van der Waals surface area contributed by atoms with Gasteiger partial charge in [-0.05, 0) is 30.3 Å². The first-order valence-corrected chi connectivity index (χ1v) is 5.91. The molecule has 0 aliphatic rings. The van der Waals surface area contributed by atoms with Gasteiger partial charge in [-0.2, -0.15) is 0 Å². The Morgan fingerprint density at radius 2 is 2.20 bits per heavy atom. The third kappa shape index (κ3) is 3.40. The second-order valence-electron chi connectivity index (χ2n) is 3.86. The van der Waals surface area contributed by atoms with Gasteiger partial charge in [0.05, 0.1) is 12.1 Å². The molecule has 0 saturated carbocycles. The zero-order valence-corrected chi connectivity index (χ0v) is 10.6. The van der Waals surface area contributed by atoms with Crippen LogP contribution in [-0.4, -0.2) is 17.4 Å². The molecule has 1 heterocycles. The molecule has 100 valence electrons. The first-order valence-electron chi connectivity index (χ1n) is 5.91. The van der Waals surface area contributed by atoms with Crippen LogP contribution in [0.25, 0.3) is 0 Å². The SMILES string of the molecule is NCC#Cc1ccc(F)cc1C(=O)Nc1ccccn1. The standard InChI is InChI=1S/C15H12FN3O/c16-12-7-6-11(4-3-8-17)13(10-12)15(20)19-14-5-1-2-9-18-14/h1-2,5-7,9-10H,8,17H2,(H,18,19,20). The van der Waals surface area contributed by atoms with Gasteiger partial charge in [0.15, 0.2) is 0 Å². The van der Waals surface area contributed by atoms with Gasteiger partial charge in [-0.25, -0.2) is 9.37 Å². The van der Waals surface area contributed by atoms with Gasteiger partial charge in [-0.1, -0.05) is 17.9 Å². The molecule has 2 rings (SSSR count). The molecule has 0 atom stereocenters. The molecule has 1 amide bonds. The molecule has 3 N–H and O–H groups in total. The number of pyridine rings is 1. The van der Waals surface area contributed by atoms with Crippen molar-refractivity contribution in [1.29, 1.82) is 0 Å². The summed E-state index contributed by atoms with van der Waals surface area (Å²) >= 11 is 0. The highest BCUT2D eigenvalue weighted by atomic mass is 19.1. The van der Waals surface area contributed by atoms with E-state index < -0.39 is 11.7 Å². The number of carbonyl (C=O) groups is 1. The number of anilines is 1. The Morgan fingerprint density at radius 1 is 1.35 bits per heavy atom. The van der Waals surface area contributed by atoms with E-state index in [1.54, 1.807) is 24.4 Å². The topological polar surface area (TPSA) is 68.0 Å². The Morgan fingerprint density at radius 3 is 2.90 bits per heavy atom. The number of halogens is 1. The van der Waals surface area contributed by atoms with Gasteiger partial charge in [-0.3, -0.25) is 4.79 Å². The molecular weight excluding hydrogens is 257 g/mol. The van der Waals surface area contributed by atoms with Crippen LogP contribution in [0.1, 0.15) is 15.9 Å². The lowest BCUT2D eigenvalue weighted by Gasteiger charge is -2.06. The number of aromatic nitrogens is 1. The van der Waals surface area contributed by atoms with Crippen LogP contribution in [0.15, 0.2) is 42.6 Å². The Bertz CT molecular complexity index is 675. The average molecular weight is 269 g/mol. The van der Waals surface area contributed by atoms with Crippen LogP contribution < -0.4 is 11.1 Å². The highest BCUT2D eigenvalue weighted by Gasteiger charge is 2.12. The summed E-state index contributed by atoms with van der Waals surface area (Å²) in [6.45, 7) is 0.165. The molecule has 0 unspecified atom stereocenters. The predicted molar refractivity (Wildman–Crippen MR) is 74.5 cm³/mol. The van der Waals surface area contributed by atoms with Crippen molar-refractivity contribution in [3.63, 3.8) is 0 Å². The van der Waals surface area contributed by atoms with Gasteiger partial charge in [0.1, 0.15) is 11.6 Å². The largest absolute Gasteiger partial charge is 0.320 e. The van der Waals surface area contributed by atoms with E-state index in [1.807, 2.05) is 0 Å². The summed E-state index contributed by atoms with van der Waals surface area (Å²) < 4.78 is 13.3. The van der Waals surface area contributed by atoms with Gasteiger partial charge in [-0.15, -0.1) is 0 Å². The number of nitrogens with zero attached hydrogens (tertiary/aromatic N) is 1. The highest BCUT2D eigenvalue weighted by Crippen LogP contribution is 2.13. The quantitative estimate of drug-likeness (QED) is 0.817. The lowest BCUT2D eigenvalue weighted by molar-refractivity contribution is 0.102. The summed E-state index contributed by atoms with van der Waals surface area (Å²) in [5.41, 5.74) is 5.87. The Labute approximate surface area is 115 Å². The van der Waals surface area contributed by atoms with Crippen LogP contribution in [0.4, 0.5) is 10.2 Å². The Hall–Kier alpha value is -2.71. The van der Waals surface area contributed by atoms with Crippen molar-refractivity contribution in [2.24, 2.45) is 5.73 Å². The van der Waals surface area contributed by atoms with E-state index >= 15 is 0 Å². The Balaban J connectivity index is 2.31. The molecule has 1 aromatic heterocycles. The molecule has 0 fully saturated rings. The van der Waals surface area contributed by atoms with Gasteiger partial charge < -0.3 is 11.1 Å². The fraction of sp³-hybridized carbons (Fsp3) is 0.0667. The van der Waals surface area contributed by atoms with Crippen LogP contribution in [0.3, 0.4) is 0 Å². The van der Waals surface area contributed by atoms with Gasteiger partial charge >= 0.3 is 0 Å². The maximum Gasteiger partial charge on any atom is 0.258 e. The zero-order chi connectivity index (χ0) is 14.4. The number of rotatable bonds is 2. The van der Waals surface area contributed by atoms with Crippen molar-refractivity contribution in [2.45, 2.75) is 0 Å². The van der Waals surface area contributed by atoms with E-state index in [9.17, 15) is 9.18 Å². The van der Waals surface area contributed by atoms with Crippen LogP contribution in [-0.2, 0) is 0 Å². The van der Waals surface area contributed by atoms with Crippen molar-refractivity contribution in [2.75, 3.05) is 11.9 Å². The van der Waals surface area contributed by atoms with E-state index in [4.69, 9.17) is 5.73 Å². The van der Waals surface area contributed by atoms with E-state index in [2.05, 4.69) is 22.1 Å². The monoisotopic (exact) mass is 269 g/mol. The van der Waals surface area contributed by atoms with Gasteiger partial charge in [0.2, 0.25) is 0 Å². The second kappa shape index (κ2) is 6.45. The molecule has 0 bridgehead atoms. The summed E-state index contributed by atoms with van der Waals surface area (Å²) in [4.78, 5) is 16.1. The van der Waals surface area contributed by atoms with E-state index in [1.165, 1.54) is 12.1 Å². The normalized spacial score (nSPS) is 9.50. The molecule has 0 aliphatic heterocycles. The summed E-state index contributed by atoms with van der Waals surface area (Å²) in [6, 6.07) is 8.95. The van der Waals surface area contributed by atoms with Crippen LogP contribution in [0, 0.1) is 17.7 Å². The Kier molecular flexibility index (Phi) is 4.43. The predicted octanol–water partition coefficient (Wildman–Crippen LogP) is 1.78. The molecule has 1 aromatic carbocycles. The molecule has 0 saturated heterocycles. The summed E-state index contributed by atoms with van der Waals surface area (Å²) in [6.07, 6.45) is 1.55. The zero-order valence-electron chi connectivity index (χ0n) is 10.6. The number of amides is 1. The van der Waals surface area contributed by atoms with Crippen molar-refractivity contribution in [3.05, 3.63) is 59.5 Å². The number of nitrogens with two attached hydrogens (primary N) is 1. The van der Waals surface area contributed by atoms with Crippen LogP contribution in [0.2, 0.25) is 0 Å². The van der Waals surface area contributed by atoms with Crippen LogP contribution in [0.5, 0.6) is 0 Å². The van der Waals surface area contributed by atoms with Crippen LogP contribution >= 0.6 is 0 Å². The molecule has 5 heteroatoms. The minimum Gasteiger partial charge on any atom is -0.320 e.